The lowest BCUT2D eigenvalue weighted by Crippen LogP contribution is -2.30. The predicted octanol–water partition coefficient (Wildman–Crippen LogP) is 3.05. The largest absolute Gasteiger partial charge is 0.465 e. The minimum absolute atomic E-state index is 0.122. The summed E-state index contributed by atoms with van der Waals surface area (Å²) < 4.78 is 5.93. The van der Waals surface area contributed by atoms with E-state index < -0.39 is 11.5 Å². The van der Waals surface area contributed by atoms with Gasteiger partial charge in [0, 0.05) is 13.1 Å². The van der Waals surface area contributed by atoms with Gasteiger partial charge < -0.3 is 9.64 Å². The second kappa shape index (κ2) is 7.70. The molecule has 1 aliphatic heterocycles. The fourth-order valence-corrected chi connectivity index (χ4v) is 3.32. The molecular weight excluding hydrogens is 342 g/mol. The zero-order valence-corrected chi connectivity index (χ0v) is 14.8. The van der Waals surface area contributed by atoms with Crippen molar-refractivity contribution >= 4 is 23.3 Å². The molecule has 2 heterocycles. The highest BCUT2D eigenvalue weighted by molar-refractivity contribution is 6.33. The number of carbonyl (C=O) groups excluding carboxylic acids is 1. The first-order valence-corrected chi connectivity index (χ1v) is 8.72. The number of para-hydroxylation sites is 1. The van der Waals surface area contributed by atoms with Gasteiger partial charge in [-0.25, -0.2) is 4.79 Å². The molecule has 1 saturated heterocycles. The number of anilines is 1. The molecule has 0 amide bonds. The van der Waals surface area contributed by atoms with E-state index in [1.807, 2.05) is 0 Å². The van der Waals surface area contributed by atoms with E-state index in [9.17, 15) is 9.59 Å². The maximum absolute atomic E-state index is 12.8. The second-order valence-corrected chi connectivity index (χ2v) is 6.35. The van der Waals surface area contributed by atoms with Gasteiger partial charge in [0.15, 0.2) is 0 Å². The lowest BCUT2D eigenvalue weighted by Gasteiger charge is -2.23. The Hall–Kier alpha value is -2.34. The molecule has 1 aromatic heterocycles. The number of nitrogens with zero attached hydrogens (tertiary/aromatic N) is 3. The first-order chi connectivity index (χ1) is 12.1. The average molecular weight is 362 g/mol. The Morgan fingerprint density at radius 3 is 2.48 bits per heavy atom. The van der Waals surface area contributed by atoms with Gasteiger partial charge in [0.05, 0.1) is 30.2 Å². The van der Waals surface area contributed by atoms with E-state index in [0.717, 1.165) is 30.6 Å². The number of methoxy groups -OCH3 is 1. The SMILES string of the molecule is COC(=O)c1ccccc1-n1ncc(N2CCCCCC2)c(Cl)c1=O. The Balaban J connectivity index is 2.04. The Morgan fingerprint density at radius 2 is 1.80 bits per heavy atom. The number of esters is 1. The minimum atomic E-state index is -0.531. The van der Waals surface area contributed by atoms with Crippen LogP contribution in [0.1, 0.15) is 36.0 Å². The van der Waals surface area contributed by atoms with Gasteiger partial charge in [-0.2, -0.15) is 9.78 Å². The maximum Gasteiger partial charge on any atom is 0.340 e. The average Bonchev–Trinajstić information content (AvgIpc) is 2.92. The summed E-state index contributed by atoms with van der Waals surface area (Å²) in [5.74, 6) is -0.531. The molecule has 0 aliphatic carbocycles. The van der Waals surface area contributed by atoms with E-state index in [2.05, 4.69) is 10.00 Å². The molecule has 6 nitrogen and oxygen atoms in total. The number of halogens is 1. The van der Waals surface area contributed by atoms with E-state index >= 15 is 0 Å². The van der Waals surface area contributed by atoms with Crippen LogP contribution in [0.15, 0.2) is 35.3 Å². The first-order valence-electron chi connectivity index (χ1n) is 8.34. The van der Waals surface area contributed by atoms with E-state index in [0.29, 0.717) is 11.4 Å². The summed E-state index contributed by atoms with van der Waals surface area (Å²) >= 11 is 6.37. The first kappa shape index (κ1) is 17.5. The summed E-state index contributed by atoms with van der Waals surface area (Å²) in [7, 11) is 1.30. The zero-order valence-electron chi connectivity index (χ0n) is 14.1. The van der Waals surface area contributed by atoms with Crippen molar-refractivity contribution in [2.45, 2.75) is 25.7 Å². The van der Waals surface area contributed by atoms with E-state index in [1.165, 1.54) is 20.0 Å². The Morgan fingerprint density at radius 1 is 1.12 bits per heavy atom. The van der Waals surface area contributed by atoms with Gasteiger partial charge in [-0.3, -0.25) is 4.79 Å². The van der Waals surface area contributed by atoms with Crippen molar-refractivity contribution in [1.82, 2.24) is 9.78 Å². The highest BCUT2D eigenvalue weighted by Crippen LogP contribution is 2.25. The third-order valence-electron chi connectivity index (χ3n) is 4.38. The molecule has 1 aromatic carbocycles. The maximum atomic E-state index is 12.8. The fraction of sp³-hybridized carbons (Fsp3) is 0.389. The van der Waals surface area contributed by atoms with Crippen LogP contribution in [-0.2, 0) is 4.74 Å². The molecule has 1 aliphatic rings. The summed E-state index contributed by atoms with van der Waals surface area (Å²) in [6, 6.07) is 6.66. The van der Waals surface area contributed by atoms with Crippen molar-refractivity contribution in [2.24, 2.45) is 0 Å². The van der Waals surface area contributed by atoms with E-state index in [4.69, 9.17) is 16.3 Å². The molecule has 0 radical (unpaired) electrons. The lowest BCUT2D eigenvalue weighted by atomic mass is 10.2. The number of carbonyl (C=O) groups is 1. The molecule has 0 atom stereocenters. The second-order valence-electron chi connectivity index (χ2n) is 5.97. The third kappa shape index (κ3) is 3.54. The highest BCUT2D eigenvalue weighted by Gasteiger charge is 2.20. The van der Waals surface area contributed by atoms with Crippen molar-refractivity contribution in [3.63, 3.8) is 0 Å². The number of hydrogen-bond acceptors (Lipinski definition) is 5. The Bertz CT molecular complexity index is 827. The Labute approximate surface area is 151 Å². The summed E-state index contributed by atoms with van der Waals surface area (Å²) in [5, 5.41) is 4.38. The monoisotopic (exact) mass is 361 g/mol. The summed E-state index contributed by atoms with van der Waals surface area (Å²) in [6.07, 6.45) is 6.12. The molecule has 0 unspecified atom stereocenters. The highest BCUT2D eigenvalue weighted by atomic mass is 35.5. The normalized spacial score (nSPS) is 14.9. The molecule has 0 spiro atoms. The summed E-state index contributed by atoms with van der Waals surface area (Å²) in [6.45, 7) is 1.73. The molecule has 2 aromatic rings. The van der Waals surface area contributed by atoms with Crippen molar-refractivity contribution in [2.75, 3.05) is 25.1 Å². The Kier molecular flexibility index (Phi) is 5.38. The molecule has 132 valence electrons. The van der Waals surface area contributed by atoms with Gasteiger partial charge in [0.1, 0.15) is 5.02 Å². The number of benzene rings is 1. The number of aromatic nitrogens is 2. The predicted molar refractivity (Wildman–Crippen MR) is 96.9 cm³/mol. The quantitative estimate of drug-likeness (QED) is 0.786. The van der Waals surface area contributed by atoms with Crippen LogP contribution in [0.2, 0.25) is 5.02 Å². The number of ether oxygens (including phenoxy) is 1. The van der Waals surface area contributed by atoms with Crippen LogP contribution >= 0.6 is 11.6 Å². The molecule has 3 rings (SSSR count). The third-order valence-corrected chi connectivity index (χ3v) is 4.74. The van der Waals surface area contributed by atoms with Gasteiger partial charge in [-0.1, -0.05) is 36.6 Å². The van der Waals surface area contributed by atoms with Gasteiger partial charge in [0.25, 0.3) is 5.56 Å². The van der Waals surface area contributed by atoms with Crippen LogP contribution in [0.5, 0.6) is 0 Å². The summed E-state index contributed by atoms with van der Waals surface area (Å²) in [5.41, 5.74) is 0.821. The zero-order chi connectivity index (χ0) is 17.8. The van der Waals surface area contributed by atoms with Gasteiger partial charge >= 0.3 is 5.97 Å². The molecule has 7 heteroatoms. The fourth-order valence-electron chi connectivity index (χ4n) is 3.07. The summed E-state index contributed by atoms with van der Waals surface area (Å²) in [4.78, 5) is 26.8. The molecular formula is C18H20ClN3O3. The van der Waals surface area contributed by atoms with Crippen LogP contribution in [0.25, 0.3) is 5.69 Å². The number of hydrogen-bond donors (Lipinski definition) is 0. The van der Waals surface area contributed by atoms with E-state index in [1.54, 1.807) is 30.5 Å². The van der Waals surface area contributed by atoms with Crippen molar-refractivity contribution in [3.8, 4) is 5.69 Å². The van der Waals surface area contributed by atoms with Crippen LogP contribution < -0.4 is 10.5 Å². The van der Waals surface area contributed by atoms with Crippen molar-refractivity contribution < 1.29 is 9.53 Å². The van der Waals surface area contributed by atoms with Crippen LogP contribution in [0.3, 0.4) is 0 Å². The van der Waals surface area contributed by atoms with E-state index in [-0.39, 0.29) is 10.6 Å². The lowest BCUT2D eigenvalue weighted by molar-refractivity contribution is 0.0600. The van der Waals surface area contributed by atoms with Gasteiger partial charge in [0.2, 0.25) is 0 Å². The van der Waals surface area contributed by atoms with Crippen molar-refractivity contribution in [3.05, 3.63) is 51.4 Å². The number of rotatable bonds is 3. The molecule has 0 N–H and O–H groups in total. The molecule has 0 bridgehead atoms. The van der Waals surface area contributed by atoms with Crippen LogP contribution in [-0.4, -0.2) is 35.9 Å². The van der Waals surface area contributed by atoms with Gasteiger partial charge in [-0.05, 0) is 25.0 Å². The minimum Gasteiger partial charge on any atom is -0.465 e. The molecule has 0 saturated carbocycles. The van der Waals surface area contributed by atoms with Crippen LogP contribution in [0, 0.1) is 0 Å². The van der Waals surface area contributed by atoms with Crippen molar-refractivity contribution in [1.29, 1.82) is 0 Å². The van der Waals surface area contributed by atoms with Gasteiger partial charge in [-0.15, -0.1) is 0 Å². The molecule has 25 heavy (non-hydrogen) atoms. The topological polar surface area (TPSA) is 64.4 Å². The smallest absolute Gasteiger partial charge is 0.340 e. The van der Waals surface area contributed by atoms with Crippen LogP contribution in [0.4, 0.5) is 5.69 Å². The molecule has 1 fully saturated rings. The standard InChI is InChI=1S/C18H20ClN3O3/c1-25-18(24)13-8-4-5-9-14(13)22-17(23)16(19)15(12-20-22)21-10-6-2-3-7-11-21/h4-5,8-9,12H,2-3,6-7,10-11H2,1H3.